The average Bonchev–Trinajstić information content (AvgIpc) is 2.86. The fraction of sp³-hybridized carbons (Fsp3) is 0.357. The summed E-state index contributed by atoms with van der Waals surface area (Å²) in [4.78, 5) is 23.1. The molecular weight excluding hydrogens is 272 g/mol. The van der Waals surface area contributed by atoms with E-state index in [1.807, 2.05) is 0 Å². The normalized spacial score (nSPS) is 12.2. The molecule has 4 N–H and O–H groups in total. The summed E-state index contributed by atoms with van der Waals surface area (Å²) >= 11 is 0. The van der Waals surface area contributed by atoms with Crippen LogP contribution in [0.5, 0.6) is 5.88 Å². The SMILES string of the molecule is CC(C)(O)COc1ncnc2[nH]cc(C(=O)/C=C/CN)c12. The summed E-state index contributed by atoms with van der Waals surface area (Å²) < 4.78 is 5.52. The monoisotopic (exact) mass is 290 g/mol. The molecule has 0 aliphatic carbocycles. The minimum Gasteiger partial charge on any atom is -0.474 e. The highest BCUT2D eigenvalue weighted by atomic mass is 16.5. The molecule has 0 aliphatic rings. The van der Waals surface area contributed by atoms with Crippen molar-refractivity contribution in [1.82, 2.24) is 15.0 Å². The smallest absolute Gasteiger partial charge is 0.226 e. The Hall–Kier alpha value is -2.25. The molecule has 21 heavy (non-hydrogen) atoms. The maximum Gasteiger partial charge on any atom is 0.226 e. The minimum atomic E-state index is -1.00. The van der Waals surface area contributed by atoms with Crippen molar-refractivity contribution < 1.29 is 14.6 Å². The number of aromatic amines is 1. The Morgan fingerprint density at radius 2 is 2.29 bits per heavy atom. The summed E-state index contributed by atoms with van der Waals surface area (Å²) in [6.45, 7) is 3.58. The number of ether oxygens (including phenoxy) is 1. The van der Waals surface area contributed by atoms with Gasteiger partial charge in [-0.05, 0) is 19.9 Å². The van der Waals surface area contributed by atoms with Crippen LogP contribution in [0.25, 0.3) is 11.0 Å². The number of nitrogens with zero attached hydrogens (tertiary/aromatic N) is 2. The van der Waals surface area contributed by atoms with Crippen LogP contribution >= 0.6 is 0 Å². The average molecular weight is 290 g/mol. The number of carbonyl (C=O) groups is 1. The Balaban J connectivity index is 2.40. The molecule has 0 aromatic carbocycles. The lowest BCUT2D eigenvalue weighted by atomic mass is 10.1. The molecule has 0 bridgehead atoms. The third-order valence-corrected chi connectivity index (χ3v) is 2.67. The van der Waals surface area contributed by atoms with Gasteiger partial charge in [0.1, 0.15) is 18.6 Å². The van der Waals surface area contributed by atoms with Gasteiger partial charge in [0.25, 0.3) is 0 Å². The van der Waals surface area contributed by atoms with Gasteiger partial charge in [0.05, 0.1) is 16.6 Å². The predicted molar refractivity (Wildman–Crippen MR) is 78.2 cm³/mol. The van der Waals surface area contributed by atoms with Gasteiger partial charge in [-0.25, -0.2) is 9.97 Å². The number of ketones is 1. The standard InChI is InChI=1S/C14H18N4O3/c1-14(2,20)7-21-13-11-9(10(19)4-3-5-15)6-16-12(11)17-8-18-13/h3-4,6,8,20H,5,7,15H2,1-2H3,(H,16,17,18)/b4-3+. The third-order valence-electron chi connectivity index (χ3n) is 2.67. The lowest BCUT2D eigenvalue weighted by molar-refractivity contribution is 0.0274. The van der Waals surface area contributed by atoms with E-state index in [9.17, 15) is 9.90 Å². The van der Waals surface area contributed by atoms with E-state index < -0.39 is 5.60 Å². The first-order valence-electron chi connectivity index (χ1n) is 6.50. The predicted octanol–water partition coefficient (Wildman–Crippen LogP) is 0.805. The number of fused-ring (bicyclic) bond motifs is 1. The van der Waals surface area contributed by atoms with Crippen LogP contribution in [0.15, 0.2) is 24.7 Å². The van der Waals surface area contributed by atoms with Crippen molar-refractivity contribution in [3.63, 3.8) is 0 Å². The Bertz CT molecular complexity index is 670. The van der Waals surface area contributed by atoms with Gasteiger partial charge in [0.2, 0.25) is 5.88 Å². The molecule has 0 saturated carbocycles. The fourth-order valence-corrected chi connectivity index (χ4v) is 1.75. The molecule has 0 unspecified atom stereocenters. The first kappa shape index (κ1) is 15.1. The maximum absolute atomic E-state index is 12.1. The molecule has 7 nitrogen and oxygen atoms in total. The largest absolute Gasteiger partial charge is 0.474 e. The Morgan fingerprint density at radius 3 is 2.95 bits per heavy atom. The van der Waals surface area contributed by atoms with Gasteiger partial charge >= 0.3 is 0 Å². The van der Waals surface area contributed by atoms with E-state index in [1.54, 1.807) is 26.1 Å². The zero-order valence-electron chi connectivity index (χ0n) is 12.0. The quantitative estimate of drug-likeness (QED) is 0.535. The number of aliphatic hydroxyl groups is 1. The summed E-state index contributed by atoms with van der Waals surface area (Å²) in [5.41, 5.74) is 5.25. The lowest BCUT2D eigenvalue weighted by Crippen LogP contribution is -2.28. The van der Waals surface area contributed by atoms with Crippen LogP contribution < -0.4 is 10.5 Å². The number of nitrogens with two attached hydrogens (primary N) is 1. The zero-order valence-corrected chi connectivity index (χ0v) is 12.0. The van der Waals surface area contributed by atoms with E-state index in [2.05, 4.69) is 15.0 Å². The molecule has 0 amide bonds. The summed E-state index contributed by atoms with van der Waals surface area (Å²) in [7, 11) is 0. The van der Waals surface area contributed by atoms with Gasteiger partial charge < -0.3 is 20.6 Å². The van der Waals surface area contributed by atoms with Gasteiger partial charge in [-0.2, -0.15) is 0 Å². The van der Waals surface area contributed by atoms with Crippen LogP contribution in [-0.4, -0.2) is 44.6 Å². The number of allylic oxidation sites excluding steroid dienone is 1. The molecule has 0 spiro atoms. The molecule has 2 aromatic rings. The molecule has 0 radical (unpaired) electrons. The maximum atomic E-state index is 12.1. The van der Waals surface area contributed by atoms with Crippen LogP contribution in [-0.2, 0) is 0 Å². The summed E-state index contributed by atoms with van der Waals surface area (Å²) in [5.74, 6) is 0.0440. The molecule has 0 fully saturated rings. The second-order valence-corrected chi connectivity index (χ2v) is 5.21. The minimum absolute atomic E-state index is 0.0521. The number of hydrogen-bond acceptors (Lipinski definition) is 6. The van der Waals surface area contributed by atoms with Crippen LogP contribution in [0.4, 0.5) is 0 Å². The Labute approximate surface area is 121 Å². The van der Waals surface area contributed by atoms with E-state index in [0.29, 0.717) is 16.6 Å². The Morgan fingerprint density at radius 1 is 1.52 bits per heavy atom. The van der Waals surface area contributed by atoms with Crippen molar-refractivity contribution in [2.75, 3.05) is 13.2 Å². The van der Waals surface area contributed by atoms with Crippen molar-refractivity contribution in [2.24, 2.45) is 5.73 Å². The molecule has 0 atom stereocenters. The number of hydrogen-bond donors (Lipinski definition) is 3. The van der Waals surface area contributed by atoms with Crippen LogP contribution in [0, 0.1) is 0 Å². The van der Waals surface area contributed by atoms with Crippen molar-refractivity contribution >= 4 is 16.8 Å². The molecule has 7 heteroatoms. The van der Waals surface area contributed by atoms with Crippen LogP contribution in [0.1, 0.15) is 24.2 Å². The van der Waals surface area contributed by atoms with Gasteiger partial charge in [0, 0.05) is 12.7 Å². The first-order valence-corrected chi connectivity index (χ1v) is 6.50. The lowest BCUT2D eigenvalue weighted by Gasteiger charge is -2.17. The van der Waals surface area contributed by atoms with E-state index >= 15 is 0 Å². The zero-order chi connectivity index (χ0) is 15.5. The summed E-state index contributed by atoms with van der Waals surface area (Å²) in [5, 5.41) is 10.2. The molecular formula is C14H18N4O3. The van der Waals surface area contributed by atoms with Crippen molar-refractivity contribution in [1.29, 1.82) is 0 Å². The van der Waals surface area contributed by atoms with Gasteiger partial charge in [-0.1, -0.05) is 6.08 Å². The topological polar surface area (TPSA) is 114 Å². The van der Waals surface area contributed by atoms with E-state index in [-0.39, 0.29) is 24.8 Å². The third kappa shape index (κ3) is 3.65. The highest BCUT2D eigenvalue weighted by molar-refractivity contribution is 6.13. The number of aromatic nitrogens is 3. The van der Waals surface area contributed by atoms with Gasteiger partial charge in [0.15, 0.2) is 5.78 Å². The molecule has 2 rings (SSSR count). The number of nitrogens with one attached hydrogen (secondary N) is 1. The van der Waals surface area contributed by atoms with Crippen LogP contribution in [0.2, 0.25) is 0 Å². The van der Waals surface area contributed by atoms with Gasteiger partial charge in [-0.3, -0.25) is 4.79 Å². The fourth-order valence-electron chi connectivity index (χ4n) is 1.75. The summed E-state index contributed by atoms with van der Waals surface area (Å²) in [6, 6.07) is 0. The highest BCUT2D eigenvalue weighted by Crippen LogP contribution is 2.26. The van der Waals surface area contributed by atoms with Crippen LogP contribution in [0.3, 0.4) is 0 Å². The number of H-pyrrole nitrogens is 1. The number of carbonyl (C=O) groups excluding carboxylic acids is 1. The van der Waals surface area contributed by atoms with Crippen molar-refractivity contribution in [2.45, 2.75) is 19.4 Å². The molecule has 2 heterocycles. The van der Waals surface area contributed by atoms with E-state index in [4.69, 9.17) is 10.5 Å². The second-order valence-electron chi connectivity index (χ2n) is 5.21. The van der Waals surface area contributed by atoms with Gasteiger partial charge in [-0.15, -0.1) is 0 Å². The van der Waals surface area contributed by atoms with E-state index in [0.717, 1.165) is 0 Å². The van der Waals surface area contributed by atoms with Crippen molar-refractivity contribution in [3.8, 4) is 5.88 Å². The second kappa shape index (κ2) is 6.02. The molecule has 0 aliphatic heterocycles. The number of rotatable bonds is 6. The van der Waals surface area contributed by atoms with E-state index in [1.165, 1.54) is 12.4 Å². The summed E-state index contributed by atoms with van der Waals surface area (Å²) in [6.07, 6.45) is 5.86. The molecule has 2 aromatic heterocycles. The molecule has 112 valence electrons. The highest BCUT2D eigenvalue weighted by Gasteiger charge is 2.19. The van der Waals surface area contributed by atoms with Crippen molar-refractivity contribution in [3.05, 3.63) is 30.2 Å². The first-order chi connectivity index (χ1) is 9.92. The molecule has 0 saturated heterocycles. The Kier molecular flexibility index (Phi) is 4.35.